The number of halogens is 3. The lowest BCUT2D eigenvalue weighted by Crippen LogP contribution is -2.07. The molecule has 2 rings (SSSR count). The lowest BCUT2D eigenvalue weighted by Gasteiger charge is -2.01. The first kappa shape index (κ1) is 14.6. The predicted molar refractivity (Wildman–Crippen MR) is 67.7 cm³/mol. The van der Waals surface area contributed by atoms with Crippen molar-refractivity contribution in [3.05, 3.63) is 34.1 Å². The number of ether oxygens (including phenoxy) is 1. The first-order valence-corrected chi connectivity index (χ1v) is 6.44. The fourth-order valence-corrected chi connectivity index (χ4v) is 1.97. The first-order valence-electron chi connectivity index (χ1n) is 5.65. The van der Waals surface area contributed by atoms with Crippen molar-refractivity contribution in [3.63, 3.8) is 0 Å². The van der Waals surface area contributed by atoms with Crippen molar-refractivity contribution in [1.82, 2.24) is 10.1 Å². The number of benzene rings is 1. The third-order valence-corrected chi connectivity index (χ3v) is 3.12. The second kappa shape index (κ2) is 6.08. The van der Waals surface area contributed by atoms with Gasteiger partial charge in [-0.05, 0) is 35.0 Å². The SMILES string of the molecule is CCOC(=O)Cc1nc(-c2ccc(F)c(F)c2Br)no1. The summed E-state index contributed by atoms with van der Waals surface area (Å²) in [7, 11) is 0. The molecule has 0 radical (unpaired) electrons. The van der Waals surface area contributed by atoms with Crippen molar-refractivity contribution >= 4 is 21.9 Å². The molecule has 0 aliphatic rings. The highest BCUT2D eigenvalue weighted by Gasteiger charge is 2.18. The zero-order valence-electron chi connectivity index (χ0n) is 10.3. The minimum atomic E-state index is -1.04. The number of esters is 1. The van der Waals surface area contributed by atoms with E-state index in [4.69, 9.17) is 9.26 Å². The molecule has 106 valence electrons. The van der Waals surface area contributed by atoms with E-state index in [1.807, 2.05) is 0 Å². The molecule has 0 fully saturated rings. The van der Waals surface area contributed by atoms with Gasteiger partial charge < -0.3 is 9.26 Å². The minimum Gasteiger partial charge on any atom is -0.466 e. The van der Waals surface area contributed by atoms with Gasteiger partial charge in [0.15, 0.2) is 11.6 Å². The van der Waals surface area contributed by atoms with E-state index >= 15 is 0 Å². The van der Waals surface area contributed by atoms with Crippen molar-refractivity contribution in [2.45, 2.75) is 13.3 Å². The first-order chi connectivity index (χ1) is 9.52. The minimum absolute atomic E-state index is 0.0371. The standard InChI is InChI=1S/C12H9BrF2N2O3/c1-2-19-9(18)5-8-16-12(17-20-8)6-3-4-7(14)11(15)10(6)13/h3-4H,2,5H2,1H3. The summed E-state index contributed by atoms with van der Waals surface area (Å²) in [4.78, 5) is 15.2. The van der Waals surface area contributed by atoms with Crippen LogP contribution in [0.1, 0.15) is 12.8 Å². The monoisotopic (exact) mass is 346 g/mol. The maximum Gasteiger partial charge on any atom is 0.315 e. The van der Waals surface area contributed by atoms with E-state index in [0.29, 0.717) is 0 Å². The van der Waals surface area contributed by atoms with Gasteiger partial charge in [-0.2, -0.15) is 4.98 Å². The number of aromatic nitrogens is 2. The Morgan fingerprint density at radius 2 is 2.20 bits per heavy atom. The fourth-order valence-electron chi connectivity index (χ4n) is 1.47. The van der Waals surface area contributed by atoms with Crippen molar-refractivity contribution in [2.75, 3.05) is 6.61 Å². The maximum absolute atomic E-state index is 13.4. The summed E-state index contributed by atoms with van der Waals surface area (Å²) in [6.07, 6.45) is -0.178. The van der Waals surface area contributed by atoms with Crippen LogP contribution < -0.4 is 0 Å². The van der Waals surface area contributed by atoms with Crippen LogP contribution in [0.5, 0.6) is 0 Å². The van der Waals surface area contributed by atoms with Crippen LogP contribution in [-0.4, -0.2) is 22.7 Å². The maximum atomic E-state index is 13.4. The van der Waals surface area contributed by atoms with Gasteiger partial charge in [-0.3, -0.25) is 4.79 Å². The zero-order chi connectivity index (χ0) is 14.7. The van der Waals surface area contributed by atoms with Gasteiger partial charge >= 0.3 is 5.97 Å². The highest BCUT2D eigenvalue weighted by molar-refractivity contribution is 9.10. The molecule has 0 unspecified atom stereocenters. The van der Waals surface area contributed by atoms with Gasteiger partial charge in [-0.1, -0.05) is 5.16 Å². The average molecular weight is 347 g/mol. The second-order valence-electron chi connectivity index (χ2n) is 3.72. The lowest BCUT2D eigenvalue weighted by atomic mass is 10.2. The van der Waals surface area contributed by atoms with E-state index < -0.39 is 17.6 Å². The van der Waals surface area contributed by atoms with E-state index in [1.54, 1.807) is 6.92 Å². The molecule has 0 saturated carbocycles. The number of carbonyl (C=O) groups is 1. The molecule has 1 heterocycles. The molecule has 8 heteroatoms. The molecule has 2 aromatic rings. The average Bonchev–Trinajstić information content (AvgIpc) is 2.84. The van der Waals surface area contributed by atoms with Gasteiger partial charge in [0.25, 0.3) is 0 Å². The molecule has 0 N–H and O–H groups in total. The predicted octanol–water partition coefficient (Wildman–Crippen LogP) is 2.88. The third-order valence-electron chi connectivity index (χ3n) is 2.35. The summed E-state index contributed by atoms with van der Waals surface area (Å²) in [5.74, 6) is -2.45. The van der Waals surface area contributed by atoms with Gasteiger partial charge in [0.05, 0.1) is 11.1 Å². The summed E-state index contributed by atoms with van der Waals surface area (Å²) in [5.41, 5.74) is 0.225. The van der Waals surface area contributed by atoms with Crippen molar-refractivity contribution in [1.29, 1.82) is 0 Å². The van der Waals surface area contributed by atoms with Crippen LogP contribution >= 0.6 is 15.9 Å². The molecule has 0 saturated heterocycles. The molecule has 1 aromatic carbocycles. The van der Waals surface area contributed by atoms with Crippen LogP contribution in [0, 0.1) is 11.6 Å². The van der Waals surface area contributed by atoms with Crippen molar-refractivity contribution < 1.29 is 22.8 Å². The Morgan fingerprint density at radius 3 is 2.90 bits per heavy atom. The van der Waals surface area contributed by atoms with Crippen LogP contribution in [0.15, 0.2) is 21.1 Å². The number of rotatable bonds is 4. The van der Waals surface area contributed by atoms with Gasteiger partial charge in [0.2, 0.25) is 11.7 Å². The van der Waals surface area contributed by atoms with Crippen LogP contribution in [0.4, 0.5) is 8.78 Å². The van der Waals surface area contributed by atoms with Crippen molar-refractivity contribution in [3.8, 4) is 11.4 Å². The van der Waals surface area contributed by atoms with E-state index in [2.05, 4.69) is 26.1 Å². The molecule has 1 aromatic heterocycles. The number of carbonyl (C=O) groups excluding carboxylic acids is 1. The summed E-state index contributed by atoms with van der Waals surface area (Å²) < 4.78 is 35.9. The zero-order valence-corrected chi connectivity index (χ0v) is 11.9. The smallest absolute Gasteiger partial charge is 0.315 e. The lowest BCUT2D eigenvalue weighted by molar-refractivity contribution is -0.142. The molecular weight excluding hydrogens is 338 g/mol. The Kier molecular flexibility index (Phi) is 4.43. The Balaban J connectivity index is 2.25. The largest absolute Gasteiger partial charge is 0.466 e. The Hall–Kier alpha value is -1.83. The van der Waals surface area contributed by atoms with Crippen LogP contribution in [0.3, 0.4) is 0 Å². The van der Waals surface area contributed by atoms with E-state index in [1.165, 1.54) is 6.07 Å². The highest BCUT2D eigenvalue weighted by atomic mass is 79.9. The van der Waals surface area contributed by atoms with Gasteiger partial charge in [0.1, 0.15) is 6.42 Å². The molecule has 0 aliphatic heterocycles. The van der Waals surface area contributed by atoms with Gasteiger partial charge in [0, 0.05) is 5.56 Å². The summed E-state index contributed by atoms with van der Waals surface area (Å²) >= 11 is 2.92. The van der Waals surface area contributed by atoms with Crippen LogP contribution in [0.25, 0.3) is 11.4 Å². The normalized spacial score (nSPS) is 10.6. The van der Waals surface area contributed by atoms with Gasteiger partial charge in [-0.25, -0.2) is 8.78 Å². The van der Waals surface area contributed by atoms with Crippen LogP contribution in [0.2, 0.25) is 0 Å². The number of nitrogens with zero attached hydrogens (tertiary/aromatic N) is 2. The fraction of sp³-hybridized carbons (Fsp3) is 0.250. The third kappa shape index (κ3) is 3.01. The molecule has 0 aliphatic carbocycles. The molecule has 0 spiro atoms. The molecule has 0 bridgehead atoms. The van der Waals surface area contributed by atoms with E-state index in [0.717, 1.165) is 6.07 Å². The Labute approximate surface area is 121 Å². The molecule has 0 amide bonds. The molecule has 0 atom stereocenters. The van der Waals surface area contributed by atoms with Crippen molar-refractivity contribution in [2.24, 2.45) is 0 Å². The van der Waals surface area contributed by atoms with E-state index in [-0.39, 0.29) is 34.8 Å². The van der Waals surface area contributed by atoms with Crippen LogP contribution in [-0.2, 0) is 16.0 Å². The summed E-state index contributed by atoms with van der Waals surface area (Å²) in [6, 6.07) is 2.26. The number of hydrogen-bond acceptors (Lipinski definition) is 5. The second-order valence-corrected chi connectivity index (χ2v) is 4.51. The topological polar surface area (TPSA) is 65.2 Å². The van der Waals surface area contributed by atoms with Gasteiger partial charge in [-0.15, -0.1) is 0 Å². The summed E-state index contributed by atoms with van der Waals surface area (Å²) in [6.45, 7) is 1.92. The Morgan fingerprint density at radius 1 is 1.45 bits per heavy atom. The highest BCUT2D eigenvalue weighted by Crippen LogP contribution is 2.29. The quantitative estimate of drug-likeness (QED) is 0.629. The number of hydrogen-bond donors (Lipinski definition) is 0. The molecule has 5 nitrogen and oxygen atoms in total. The summed E-state index contributed by atoms with van der Waals surface area (Å²) in [5, 5.41) is 3.62. The van der Waals surface area contributed by atoms with E-state index in [9.17, 15) is 13.6 Å². The molecule has 20 heavy (non-hydrogen) atoms. The Bertz CT molecular complexity index is 646. The molecular formula is C12H9BrF2N2O3.